The Kier molecular flexibility index (Phi) is 4.30. The smallest absolute Gasteiger partial charge is 0.325 e. The second-order valence-electron chi connectivity index (χ2n) is 6.14. The highest BCUT2D eigenvalue weighted by Gasteiger charge is 2.53. The van der Waals surface area contributed by atoms with Crippen LogP contribution in [0.4, 0.5) is 4.79 Å². The van der Waals surface area contributed by atoms with E-state index < -0.39 is 11.6 Å². The maximum absolute atomic E-state index is 12.1. The van der Waals surface area contributed by atoms with Gasteiger partial charge in [-0.15, -0.1) is 0 Å². The average molecular weight is 281 g/mol. The molecule has 1 aliphatic heterocycles. The van der Waals surface area contributed by atoms with Crippen LogP contribution in [-0.2, 0) is 9.59 Å². The Morgan fingerprint density at radius 2 is 1.95 bits per heavy atom. The number of hydrogen-bond acceptors (Lipinski definition) is 3. The molecule has 0 unspecified atom stereocenters. The zero-order valence-corrected chi connectivity index (χ0v) is 12.2. The van der Waals surface area contributed by atoms with Gasteiger partial charge in [0.2, 0.25) is 5.91 Å². The number of hydrogen-bond donors (Lipinski definition) is 2. The summed E-state index contributed by atoms with van der Waals surface area (Å²) in [6, 6.07) is -0.434. The minimum absolute atomic E-state index is 0.0374. The van der Waals surface area contributed by atoms with Crippen LogP contribution in [0.3, 0.4) is 0 Å². The monoisotopic (exact) mass is 281 g/mol. The van der Waals surface area contributed by atoms with Crippen molar-refractivity contribution in [3.63, 3.8) is 0 Å². The SMILES string of the molecule is CC(C)CNC(=O)CN1C(=O)NC(=O)C12CCCCC2. The second-order valence-corrected chi connectivity index (χ2v) is 6.14. The molecule has 1 saturated carbocycles. The van der Waals surface area contributed by atoms with Crippen LogP contribution in [-0.4, -0.2) is 41.4 Å². The summed E-state index contributed by atoms with van der Waals surface area (Å²) < 4.78 is 0. The van der Waals surface area contributed by atoms with Gasteiger partial charge in [-0.2, -0.15) is 0 Å². The van der Waals surface area contributed by atoms with Gasteiger partial charge < -0.3 is 10.2 Å². The van der Waals surface area contributed by atoms with E-state index in [0.717, 1.165) is 19.3 Å². The summed E-state index contributed by atoms with van der Waals surface area (Å²) >= 11 is 0. The molecule has 0 aromatic heterocycles. The molecule has 2 fully saturated rings. The first-order chi connectivity index (χ1) is 9.45. The second kappa shape index (κ2) is 5.81. The van der Waals surface area contributed by atoms with Crippen LogP contribution in [0.15, 0.2) is 0 Å². The maximum atomic E-state index is 12.1. The number of carbonyl (C=O) groups is 3. The predicted molar refractivity (Wildman–Crippen MR) is 73.9 cm³/mol. The van der Waals surface area contributed by atoms with Crippen LogP contribution in [0.5, 0.6) is 0 Å². The van der Waals surface area contributed by atoms with Gasteiger partial charge in [-0.1, -0.05) is 33.1 Å². The van der Waals surface area contributed by atoms with Gasteiger partial charge in [-0.25, -0.2) is 4.79 Å². The molecule has 2 rings (SSSR count). The quantitative estimate of drug-likeness (QED) is 0.755. The third-order valence-electron chi connectivity index (χ3n) is 4.09. The first-order valence-corrected chi connectivity index (χ1v) is 7.35. The minimum atomic E-state index is -0.787. The zero-order chi connectivity index (χ0) is 14.8. The Morgan fingerprint density at radius 1 is 1.30 bits per heavy atom. The highest BCUT2D eigenvalue weighted by Crippen LogP contribution is 2.36. The van der Waals surface area contributed by atoms with Gasteiger partial charge in [0, 0.05) is 6.54 Å². The Morgan fingerprint density at radius 3 is 2.55 bits per heavy atom. The highest BCUT2D eigenvalue weighted by molar-refractivity contribution is 6.08. The topological polar surface area (TPSA) is 78.5 Å². The van der Waals surface area contributed by atoms with Crippen molar-refractivity contribution >= 4 is 17.8 Å². The van der Waals surface area contributed by atoms with E-state index in [4.69, 9.17) is 0 Å². The Bertz CT molecular complexity index is 414. The van der Waals surface area contributed by atoms with Gasteiger partial charge in [0.05, 0.1) is 0 Å². The highest BCUT2D eigenvalue weighted by atomic mass is 16.2. The maximum Gasteiger partial charge on any atom is 0.325 e. The van der Waals surface area contributed by atoms with Crippen molar-refractivity contribution in [1.29, 1.82) is 0 Å². The van der Waals surface area contributed by atoms with Gasteiger partial charge >= 0.3 is 6.03 Å². The van der Waals surface area contributed by atoms with Crippen molar-refractivity contribution in [3.05, 3.63) is 0 Å². The van der Waals surface area contributed by atoms with Gasteiger partial charge in [0.15, 0.2) is 0 Å². The third-order valence-corrected chi connectivity index (χ3v) is 4.09. The molecule has 6 heteroatoms. The van der Waals surface area contributed by atoms with E-state index in [2.05, 4.69) is 10.6 Å². The predicted octanol–water partition coefficient (Wildman–Crippen LogP) is 1.01. The summed E-state index contributed by atoms with van der Waals surface area (Å²) in [7, 11) is 0. The van der Waals surface area contributed by atoms with Crippen LogP contribution in [0.1, 0.15) is 46.0 Å². The lowest BCUT2D eigenvalue weighted by atomic mass is 9.80. The largest absolute Gasteiger partial charge is 0.354 e. The summed E-state index contributed by atoms with van der Waals surface area (Å²) in [4.78, 5) is 37.4. The number of rotatable bonds is 4. The number of nitrogens with zero attached hydrogens (tertiary/aromatic N) is 1. The van der Waals surface area contributed by atoms with Crippen LogP contribution < -0.4 is 10.6 Å². The lowest BCUT2D eigenvalue weighted by Gasteiger charge is -2.37. The van der Waals surface area contributed by atoms with Crippen LogP contribution in [0.25, 0.3) is 0 Å². The normalized spacial score (nSPS) is 21.4. The van der Waals surface area contributed by atoms with Crippen LogP contribution in [0, 0.1) is 5.92 Å². The average Bonchev–Trinajstić information content (AvgIpc) is 2.62. The van der Waals surface area contributed by atoms with E-state index in [0.29, 0.717) is 25.3 Å². The first-order valence-electron chi connectivity index (χ1n) is 7.35. The molecule has 6 nitrogen and oxygen atoms in total. The molecule has 1 heterocycles. The number of nitrogens with one attached hydrogen (secondary N) is 2. The molecule has 0 atom stereocenters. The lowest BCUT2D eigenvalue weighted by Crippen LogP contribution is -2.54. The molecule has 2 N–H and O–H groups in total. The summed E-state index contributed by atoms with van der Waals surface area (Å²) in [5, 5.41) is 5.16. The van der Waals surface area contributed by atoms with Crippen molar-refractivity contribution in [3.8, 4) is 0 Å². The van der Waals surface area contributed by atoms with Crippen LogP contribution in [0.2, 0.25) is 0 Å². The van der Waals surface area contributed by atoms with Crippen molar-refractivity contribution in [2.24, 2.45) is 5.92 Å². The van der Waals surface area contributed by atoms with Gasteiger partial charge in [0.1, 0.15) is 12.1 Å². The molecule has 0 aromatic carbocycles. The molecule has 20 heavy (non-hydrogen) atoms. The number of amides is 4. The fourth-order valence-corrected chi connectivity index (χ4v) is 2.97. The Balaban J connectivity index is 2.05. The summed E-state index contributed by atoms with van der Waals surface area (Å²) in [5.41, 5.74) is -0.787. The van der Waals surface area contributed by atoms with Crippen molar-refractivity contribution in [2.45, 2.75) is 51.5 Å². The summed E-state index contributed by atoms with van der Waals surface area (Å²) in [6.45, 7) is 4.56. The number of carbonyl (C=O) groups excluding carboxylic acids is 3. The molecule has 2 aliphatic rings. The zero-order valence-electron chi connectivity index (χ0n) is 12.2. The summed E-state index contributed by atoms with van der Waals surface area (Å²) in [5.74, 6) is -0.0796. The first kappa shape index (κ1) is 14.8. The molecule has 1 aliphatic carbocycles. The van der Waals surface area contributed by atoms with Crippen molar-refractivity contribution in [1.82, 2.24) is 15.5 Å². The molecule has 0 aromatic rings. The van der Waals surface area contributed by atoms with Gasteiger partial charge in [-0.3, -0.25) is 14.9 Å². The number of urea groups is 1. The molecular weight excluding hydrogens is 258 g/mol. The van der Waals surface area contributed by atoms with Crippen LogP contribution >= 0.6 is 0 Å². The molecule has 1 spiro atoms. The fraction of sp³-hybridized carbons (Fsp3) is 0.786. The van der Waals surface area contributed by atoms with Crippen molar-refractivity contribution < 1.29 is 14.4 Å². The van der Waals surface area contributed by atoms with E-state index in [-0.39, 0.29) is 18.4 Å². The molecular formula is C14H23N3O3. The van der Waals surface area contributed by atoms with E-state index in [1.807, 2.05) is 13.8 Å². The Hall–Kier alpha value is -1.59. The Labute approximate surface area is 119 Å². The minimum Gasteiger partial charge on any atom is -0.354 e. The molecule has 0 radical (unpaired) electrons. The number of imide groups is 1. The lowest BCUT2D eigenvalue weighted by molar-refractivity contribution is -0.130. The van der Waals surface area contributed by atoms with Gasteiger partial charge in [-0.05, 0) is 18.8 Å². The third kappa shape index (κ3) is 2.78. The van der Waals surface area contributed by atoms with E-state index in [9.17, 15) is 14.4 Å². The van der Waals surface area contributed by atoms with E-state index >= 15 is 0 Å². The van der Waals surface area contributed by atoms with Gasteiger partial charge in [0.25, 0.3) is 5.91 Å². The standard InChI is InChI=1S/C14H23N3O3/c1-10(2)8-15-11(18)9-17-13(20)16-12(19)14(17)6-4-3-5-7-14/h10H,3-9H2,1-2H3,(H,15,18)(H,16,19,20). The molecule has 112 valence electrons. The molecule has 1 saturated heterocycles. The fourth-order valence-electron chi connectivity index (χ4n) is 2.97. The van der Waals surface area contributed by atoms with E-state index in [1.165, 1.54) is 4.90 Å². The molecule has 0 bridgehead atoms. The van der Waals surface area contributed by atoms with Crippen molar-refractivity contribution in [2.75, 3.05) is 13.1 Å². The summed E-state index contributed by atoms with van der Waals surface area (Å²) in [6.07, 6.45) is 4.23. The van der Waals surface area contributed by atoms with E-state index in [1.54, 1.807) is 0 Å². The molecule has 4 amide bonds.